The molecular formula is C13H25ClO2Si. The fourth-order valence-corrected chi connectivity index (χ4v) is 9.24. The van der Waals surface area contributed by atoms with Crippen molar-refractivity contribution in [1.29, 1.82) is 0 Å². The highest BCUT2D eigenvalue weighted by atomic mass is 35.5. The van der Waals surface area contributed by atoms with Gasteiger partial charge in [0.05, 0.1) is 0 Å². The Hall–Kier alpha value is 0.427. The molecule has 2 rings (SSSR count). The Balaban J connectivity index is 2.17. The van der Waals surface area contributed by atoms with Crippen molar-refractivity contribution in [2.24, 2.45) is 0 Å². The first-order valence-corrected chi connectivity index (χ1v) is 9.39. The number of hydrogen-bond acceptors (Lipinski definition) is 2. The molecule has 0 radical (unpaired) electrons. The molecular weight excluding hydrogens is 252 g/mol. The summed E-state index contributed by atoms with van der Waals surface area (Å²) >= 11 is 6.51. The van der Waals surface area contributed by atoms with Crippen molar-refractivity contribution < 1.29 is 8.85 Å². The topological polar surface area (TPSA) is 18.5 Å². The Kier molecular flexibility index (Phi) is 4.93. The van der Waals surface area contributed by atoms with Crippen molar-refractivity contribution >= 4 is 20.2 Å². The Morgan fingerprint density at radius 2 is 1.53 bits per heavy atom. The number of alkyl halides is 1. The Morgan fingerprint density at radius 3 is 2.00 bits per heavy atom. The molecule has 0 aromatic heterocycles. The lowest BCUT2D eigenvalue weighted by molar-refractivity contribution is 0.204. The van der Waals surface area contributed by atoms with Crippen LogP contribution in [0.5, 0.6) is 0 Å². The van der Waals surface area contributed by atoms with Gasteiger partial charge in [0.1, 0.15) is 0 Å². The summed E-state index contributed by atoms with van der Waals surface area (Å²) in [6.45, 7) is 0. The van der Waals surface area contributed by atoms with Crippen LogP contribution in [0.15, 0.2) is 0 Å². The van der Waals surface area contributed by atoms with Gasteiger partial charge in [-0.05, 0) is 25.7 Å². The molecule has 2 saturated carbocycles. The van der Waals surface area contributed by atoms with Gasteiger partial charge in [-0.15, -0.1) is 11.6 Å². The lowest BCUT2D eigenvalue weighted by atomic mass is 10.0. The second-order valence-electron chi connectivity index (χ2n) is 5.52. The lowest BCUT2D eigenvalue weighted by Gasteiger charge is -2.42. The van der Waals surface area contributed by atoms with E-state index in [-0.39, 0.29) is 5.38 Å². The fourth-order valence-electron chi connectivity index (χ4n) is 3.90. The first kappa shape index (κ1) is 13.8. The zero-order chi connectivity index (χ0) is 12.3. The Morgan fingerprint density at radius 1 is 0.882 bits per heavy atom. The van der Waals surface area contributed by atoms with Gasteiger partial charge in [-0.25, -0.2) is 0 Å². The predicted molar refractivity (Wildman–Crippen MR) is 73.8 cm³/mol. The van der Waals surface area contributed by atoms with Gasteiger partial charge in [-0.1, -0.05) is 25.7 Å². The SMILES string of the molecule is CO[Si](OC)(C1CCCCC1)C1CCCC1Cl. The molecule has 0 aliphatic heterocycles. The van der Waals surface area contributed by atoms with Crippen LogP contribution in [0.2, 0.25) is 11.1 Å². The monoisotopic (exact) mass is 276 g/mol. The van der Waals surface area contributed by atoms with E-state index in [1.165, 1.54) is 44.9 Å². The van der Waals surface area contributed by atoms with Gasteiger partial charge in [0.15, 0.2) is 0 Å². The molecule has 0 aromatic carbocycles. The minimum absolute atomic E-state index is 0.281. The van der Waals surface area contributed by atoms with E-state index < -0.39 is 8.56 Å². The maximum atomic E-state index is 6.51. The number of halogens is 1. The molecule has 2 aliphatic rings. The summed E-state index contributed by atoms with van der Waals surface area (Å²) in [7, 11) is 1.60. The van der Waals surface area contributed by atoms with Gasteiger partial charge >= 0.3 is 8.56 Å². The molecule has 0 heterocycles. The largest absolute Gasteiger partial charge is 0.397 e. The molecule has 2 aliphatic carbocycles. The van der Waals surface area contributed by atoms with E-state index in [1.54, 1.807) is 0 Å². The molecule has 2 atom stereocenters. The average Bonchev–Trinajstić information content (AvgIpc) is 2.80. The van der Waals surface area contributed by atoms with Gasteiger partial charge in [-0.3, -0.25) is 0 Å². The second-order valence-corrected chi connectivity index (χ2v) is 9.90. The van der Waals surface area contributed by atoms with Gasteiger partial charge in [0.25, 0.3) is 0 Å². The zero-order valence-corrected chi connectivity index (χ0v) is 12.8. The third kappa shape index (κ3) is 2.58. The van der Waals surface area contributed by atoms with E-state index in [0.717, 1.165) is 6.42 Å². The molecule has 17 heavy (non-hydrogen) atoms. The summed E-state index contributed by atoms with van der Waals surface area (Å²) < 4.78 is 12.0. The molecule has 2 unspecified atom stereocenters. The molecule has 2 fully saturated rings. The summed E-state index contributed by atoms with van der Waals surface area (Å²) in [5.41, 5.74) is 1.16. The minimum Gasteiger partial charge on any atom is -0.397 e. The van der Waals surface area contributed by atoms with Gasteiger partial charge in [0, 0.05) is 30.7 Å². The zero-order valence-electron chi connectivity index (χ0n) is 11.1. The summed E-state index contributed by atoms with van der Waals surface area (Å²) in [6.07, 6.45) is 10.2. The number of hydrogen-bond donors (Lipinski definition) is 0. The van der Waals surface area contributed by atoms with Crippen LogP contribution in [0.4, 0.5) is 0 Å². The summed E-state index contributed by atoms with van der Waals surface area (Å²) in [4.78, 5) is 0. The highest BCUT2D eigenvalue weighted by Gasteiger charge is 2.54. The van der Waals surface area contributed by atoms with E-state index in [0.29, 0.717) is 11.1 Å². The van der Waals surface area contributed by atoms with Crippen LogP contribution in [0.25, 0.3) is 0 Å². The van der Waals surface area contributed by atoms with Crippen molar-refractivity contribution in [3.63, 3.8) is 0 Å². The third-order valence-corrected chi connectivity index (χ3v) is 10.2. The van der Waals surface area contributed by atoms with E-state index >= 15 is 0 Å². The molecule has 4 heteroatoms. The van der Waals surface area contributed by atoms with Gasteiger partial charge < -0.3 is 8.85 Å². The van der Waals surface area contributed by atoms with Crippen LogP contribution in [0.1, 0.15) is 51.4 Å². The summed E-state index contributed by atoms with van der Waals surface area (Å²) in [5.74, 6) is 0. The molecule has 0 bridgehead atoms. The molecule has 0 N–H and O–H groups in total. The van der Waals surface area contributed by atoms with Crippen molar-refractivity contribution in [3.8, 4) is 0 Å². The first-order valence-electron chi connectivity index (χ1n) is 6.99. The molecule has 0 spiro atoms. The summed E-state index contributed by atoms with van der Waals surface area (Å²) in [5, 5.41) is 0.281. The standard InChI is InChI=1S/C13H25ClO2Si/c1-15-17(16-2,11-7-4-3-5-8-11)13-10-6-9-12(13)14/h11-13H,3-10H2,1-2H3. The smallest absolute Gasteiger partial charge is 0.345 e. The average molecular weight is 277 g/mol. The van der Waals surface area contributed by atoms with Crippen molar-refractivity contribution in [2.75, 3.05) is 14.2 Å². The van der Waals surface area contributed by atoms with Crippen LogP contribution in [-0.4, -0.2) is 28.2 Å². The highest BCUT2D eigenvalue weighted by molar-refractivity contribution is 6.71. The van der Waals surface area contributed by atoms with Crippen molar-refractivity contribution in [2.45, 2.75) is 67.8 Å². The van der Waals surface area contributed by atoms with E-state index in [4.69, 9.17) is 20.5 Å². The van der Waals surface area contributed by atoms with E-state index in [2.05, 4.69) is 0 Å². The van der Waals surface area contributed by atoms with E-state index in [1.807, 2.05) is 14.2 Å². The fraction of sp³-hybridized carbons (Fsp3) is 1.00. The molecule has 0 amide bonds. The Bertz CT molecular complexity index is 240. The molecule has 2 nitrogen and oxygen atoms in total. The van der Waals surface area contributed by atoms with Crippen LogP contribution in [-0.2, 0) is 8.85 Å². The molecule has 0 saturated heterocycles. The summed E-state index contributed by atoms with van der Waals surface area (Å²) in [6, 6.07) is 0. The first-order chi connectivity index (χ1) is 8.24. The van der Waals surface area contributed by atoms with Gasteiger partial charge in [0.2, 0.25) is 0 Å². The maximum Gasteiger partial charge on any atom is 0.345 e. The van der Waals surface area contributed by atoms with Crippen LogP contribution >= 0.6 is 11.6 Å². The maximum absolute atomic E-state index is 6.51. The quantitative estimate of drug-likeness (QED) is 0.565. The van der Waals surface area contributed by atoms with Crippen molar-refractivity contribution in [3.05, 3.63) is 0 Å². The number of rotatable bonds is 4. The minimum atomic E-state index is -2.10. The third-order valence-electron chi connectivity index (χ3n) is 4.76. The van der Waals surface area contributed by atoms with Gasteiger partial charge in [-0.2, -0.15) is 0 Å². The molecule has 100 valence electrons. The van der Waals surface area contributed by atoms with Crippen molar-refractivity contribution in [1.82, 2.24) is 0 Å². The highest BCUT2D eigenvalue weighted by Crippen LogP contribution is 2.51. The normalized spacial score (nSPS) is 31.9. The predicted octanol–water partition coefficient (Wildman–Crippen LogP) is 4.22. The lowest BCUT2D eigenvalue weighted by Crippen LogP contribution is -2.51. The van der Waals surface area contributed by atoms with Crippen LogP contribution in [0.3, 0.4) is 0 Å². The Labute approximate surface area is 111 Å². The van der Waals surface area contributed by atoms with Crippen LogP contribution < -0.4 is 0 Å². The molecule has 0 aromatic rings. The van der Waals surface area contributed by atoms with Crippen LogP contribution in [0, 0.1) is 0 Å². The van der Waals surface area contributed by atoms with E-state index in [9.17, 15) is 0 Å². The second kappa shape index (κ2) is 6.05.